The van der Waals surface area contributed by atoms with Crippen LogP contribution in [0.1, 0.15) is 20.3 Å². The zero-order valence-electron chi connectivity index (χ0n) is 19.5. The third-order valence-corrected chi connectivity index (χ3v) is 6.24. The first kappa shape index (κ1) is 22.1. The Morgan fingerprint density at radius 2 is 2.03 bits per heavy atom. The lowest BCUT2D eigenvalue weighted by Crippen LogP contribution is -2.47. The molecule has 0 amide bonds. The fourth-order valence-corrected chi connectivity index (χ4v) is 4.55. The molecule has 9 heteroatoms. The van der Waals surface area contributed by atoms with E-state index in [1.807, 2.05) is 38.1 Å². The molecular formula is C24H33N7O2. The molecular weight excluding hydrogens is 418 g/mol. The van der Waals surface area contributed by atoms with E-state index in [4.69, 9.17) is 9.47 Å². The molecule has 9 nitrogen and oxygen atoms in total. The van der Waals surface area contributed by atoms with Crippen LogP contribution in [-0.4, -0.2) is 89.7 Å². The molecule has 176 valence electrons. The maximum absolute atomic E-state index is 6.07. The van der Waals surface area contributed by atoms with Gasteiger partial charge in [-0.2, -0.15) is 5.10 Å². The topological polar surface area (TPSA) is 91.4 Å². The van der Waals surface area contributed by atoms with Crippen molar-refractivity contribution < 1.29 is 9.47 Å². The van der Waals surface area contributed by atoms with Crippen molar-refractivity contribution in [3.8, 4) is 17.1 Å². The van der Waals surface area contributed by atoms with Crippen molar-refractivity contribution in [1.82, 2.24) is 30.4 Å². The molecule has 0 saturated carbocycles. The Morgan fingerprint density at radius 3 is 2.88 bits per heavy atom. The molecule has 1 aromatic carbocycles. The van der Waals surface area contributed by atoms with Crippen LogP contribution in [0, 0.1) is 0 Å². The highest BCUT2D eigenvalue weighted by Crippen LogP contribution is 2.30. The van der Waals surface area contributed by atoms with Crippen molar-refractivity contribution in [2.75, 3.05) is 57.3 Å². The lowest BCUT2D eigenvalue weighted by molar-refractivity contribution is 0.0274. The second kappa shape index (κ2) is 10.0. The van der Waals surface area contributed by atoms with E-state index >= 15 is 0 Å². The maximum Gasteiger partial charge on any atom is 0.132 e. The van der Waals surface area contributed by atoms with E-state index < -0.39 is 0 Å². The first-order chi connectivity index (χ1) is 16.2. The van der Waals surface area contributed by atoms with Gasteiger partial charge in [0.15, 0.2) is 0 Å². The summed E-state index contributed by atoms with van der Waals surface area (Å²) >= 11 is 0. The summed E-state index contributed by atoms with van der Waals surface area (Å²) in [5.41, 5.74) is 2.57. The summed E-state index contributed by atoms with van der Waals surface area (Å²) in [5.74, 6) is 1.75. The number of morpholine rings is 1. The van der Waals surface area contributed by atoms with E-state index in [2.05, 4.69) is 35.3 Å². The predicted octanol–water partition coefficient (Wildman–Crippen LogP) is 2.31. The molecule has 2 aliphatic rings. The van der Waals surface area contributed by atoms with Crippen molar-refractivity contribution in [3.05, 3.63) is 30.6 Å². The summed E-state index contributed by atoms with van der Waals surface area (Å²) in [6.07, 6.45) is 3.00. The van der Waals surface area contributed by atoms with Crippen molar-refractivity contribution in [3.63, 3.8) is 0 Å². The molecule has 4 heterocycles. The first-order valence-corrected chi connectivity index (χ1v) is 11.9. The molecule has 2 fully saturated rings. The summed E-state index contributed by atoms with van der Waals surface area (Å²) in [7, 11) is 0. The van der Waals surface area contributed by atoms with E-state index in [1.54, 1.807) is 6.33 Å². The molecule has 5 rings (SSSR count). The van der Waals surface area contributed by atoms with Crippen molar-refractivity contribution in [1.29, 1.82) is 0 Å². The number of nitrogens with one attached hydrogen (secondary N) is 2. The average molecular weight is 452 g/mol. The Morgan fingerprint density at radius 1 is 1.15 bits per heavy atom. The van der Waals surface area contributed by atoms with E-state index in [-0.39, 0.29) is 12.2 Å². The smallest absolute Gasteiger partial charge is 0.132 e. The number of anilines is 1. The predicted molar refractivity (Wildman–Crippen MR) is 129 cm³/mol. The highest BCUT2D eigenvalue weighted by molar-refractivity contribution is 5.93. The van der Waals surface area contributed by atoms with Crippen LogP contribution in [0.2, 0.25) is 0 Å². The number of hydrogen-bond acceptors (Lipinski definition) is 8. The Bertz CT molecular complexity index is 1060. The summed E-state index contributed by atoms with van der Waals surface area (Å²) in [6.45, 7) is 11.9. The fraction of sp³-hybridized carbons (Fsp3) is 0.542. The molecule has 1 atom stereocenters. The first-order valence-electron chi connectivity index (χ1n) is 11.9. The molecule has 3 aromatic rings. The third kappa shape index (κ3) is 5.26. The molecule has 0 radical (unpaired) electrons. The van der Waals surface area contributed by atoms with Crippen LogP contribution in [0.3, 0.4) is 0 Å². The van der Waals surface area contributed by atoms with Gasteiger partial charge < -0.3 is 24.6 Å². The Kier molecular flexibility index (Phi) is 6.70. The monoisotopic (exact) mass is 451 g/mol. The quantitative estimate of drug-likeness (QED) is 0.566. The number of aromatic nitrogens is 4. The normalized spacial score (nSPS) is 20.0. The molecule has 2 saturated heterocycles. The van der Waals surface area contributed by atoms with Crippen LogP contribution >= 0.6 is 0 Å². The summed E-state index contributed by atoms with van der Waals surface area (Å²) in [6, 6.07) is 8.02. The van der Waals surface area contributed by atoms with Gasteiger partial charge in [-0.15, -0.1) is 0 Å². The molecule has 2 aliphatic heterocycles. The number of piperazine rings is 1. The van der Waals surface area contributed by atoms with Crippen molar-refractivity contribution in [2.24, 2.45) is 0 Å². The number of ether oxygens (including phenoxy) is 2. The van der Waals surface area contributed by atoms with Gasteiger partial charge in [0, 0.05) is 57.3 Å². The Balaban J connectivity index is 1.30. The second-order valence-corrected chi connectivity index (χ2v) is 9.03. The van der Waals surface area contributed by atoms with Gasteiger partial charge in [0.1, 0.15) is 23.6 Å². The van der Waals surface area contributed by atoms with Gasteiger partial charge in [-0.25, -0.2) is 9.97 Å². The highest BCUT2D eigenvalue weighted by atomic mass is 16.5. The van der Waals surface area contributed by atoms with Crippen LogP contribution in [0.25, 0.3) is 22.3 Å². The number of H-pyrrole nitrogens is 1. The second-order valence-electron chi connectivity index (χ2n) is 9.03. The molecule has 2 N–H and O–H groups in total. The molecule has 0 aliphatic carbocycles. The number of rotatable bonds is 7. The Labute approximate surface area is 194 Å². The van der Waals surface area contributed by atoms with E-state index in [1.165, 1.54) is 0 Å². The van der Waals surface area contributed by atoms with Gasteiger partial charge >= 0.3 is 0 Å². The van der Waals surface area contributed by atoms with Crippen LogP contribution in [0.4, 0.5) is 5.82 Å². The molecule has 1 unspecified atom stereocenters. The zero-order chi connectivity index (χ0) is 22.6. The highest BCUT2D eigenvalue weighted by Gasteiger charge is 2.23. The Hall–Kier alpha value is -2.75. The van der Waals surface area contributed by atoms with Gasteiger partial charge in [-0.3, -0.25) is 5.10 Å². The van der Waals surface area contributed by atoms with Gasteiger partial charge in [0.2, 0.25) is 0 Å². The van der Waals surface area contributed by atoms with Gasteiger partial charge in [0.25, 0.3) is 0 Å². The number of benzene rings is 1. The molecule has 0 spiro atoms. The van der Waals surface area contributed by atoms with E-state index in [0.29, 0.717) is 6.61 Å². The molecule has 33 heavy (non-hydrogen) atoms. The van der Waals surface area contributed by atoms with Gasteiger partial charge in [0.05, 0.1) is 30.0 Å². The van der Waals surface area contributed by atoms with Gasteiger partial charge in [-0.05, 0) is 38.5 Å². The summed E-state index contributed by atoms with van der Waals surface area (Å²) in [4.78, 5) is 13.9. The number of nitrogens with zero attached hydrogens (tertiary/aromatic N) is 5. The number of aromatic amines is 1. The van der Waals surface area contributed by atoms with Crippen LogP contribution < -0.4 is 15.0 Å². The zero-order valence-corrected chi connectivity index (χ0v) is 19.5. The fourth-order valence-electron chi connectivity index (χ4n) is 4.55. The maximum atomic E-state index is 6.07. The number of fused-ring (bicyclic) bond motifs is 1. The minimum absolute atomic E-state index is 0.115. The van der Waals surface area contributed by atoms with E-state index in [9.17, 15) is 0 Å². The lowest BCUT2D eigenvalue weighted by atomic mass is 10.1. The summed E-state index contributed by atoms with van der Waals surface area (Å²) in [5, 5.41) is 12.1. The van der Waals surface area contributed by atoms with Crippen molar-refractivity contribution >= 4 is 16.7 Å². The van der Waals surface area contributed by atoms with Crippen LogP contribution in [-0.2, 0) is 4.74 Å². The number of hydrogen-bond donors (Lipinski definition) is 2. The van der Waals surface area contributed by atoms with E-state index in [0.717, 1.165) is 86.1 Å². The largest absolute Gasteiger partial charge is 0.491 e. The minimum Gasteiger partial charge on any atom is -0.491 e. The van der Waals surface area contributed by atoms with Crippen LogP contribution in [0.15, 0.2) is 30.6 Å². The average Bonchev–Trinajstić information content (AvgIpc) is 3.27. The third-order valence-electron chi connectivity index (χ3n) is 6.24. The summed E-state index contributed by atoms with van der Waals surface area (Å²) < 4.78 is 11.9. The SMILES string of the molecule is CC(C)Oc1ccc2[nH]nc(-c3cc(N4CCOC(CCN5CCNCC5)C4)ncn3)c2c1. The molecule has 0 bridgehead atoms. The van der Waals surface area contributed by atoms with Crippen molar-refractivity contribution in [2.45, 2.75) is 32.5 Å². The lowest BCUT2D eigenvalue weighted by Gasteiger charge is -2.35. The van der Waals surface area contributed by atoms with Gasteiger partial charge in [-0.1, -0.05) is 0 Å². The molecule has 2 aromatic heterocycles. The van der Waals surface area contributed by atoms with Crippen LogP contribution in [0.5, 0.6) is 5.75 Å². The minimum atomic E-state index is 0.115. The standard InChI is InChI=1S/C24H33N7O2/c1-17(2)33-18-3-4-21-20(13-18)24(29-28-21)22-14-23(27-16-26-22)31-11-12-32-19(15-31)5-8-30-9-6-25-7-10-30/h3-4,13-14,16-17,19,25H,5-12,15H2,1-2H3,(H,28,29).